The third-order valence-electron chi connectivity index (χ3n) is 2.53. The lowest BCUT2D eigenvalue weighted by Crippen LogP contribution is -1.97. The SMILES string of the molecule is Cc1cc(C#N)c(-n2c(C)cc(Br)c2C)s1. The van der Waals surface area contributed by atoms with Crippen LogP contribution in [-0.4, -0.2) is 4.57 Å². The van der Waals surface area contributed by atoms with Gasteiger partial charge in [0.05, 0.1) is 5.56 Å². The van der Waals surface area contributed by atoms with Gasteiger partial charge in [-0.05, 0) is 48.8 Å². The third kappa shape index (κ3) is 1.70. The van der Waals surface area contributed by atoms with E-state index in [9.17, 15) is 0 Å². The summed E-state index contributed by atoms with van der Waals surface area (Å²) in [7, 11) is 0. The first kappa shape index (κ1) is 11.4. The number of nitrogens with zero attached hydrogens (tertiary/aromatic N) is 2. The maximum atomic E-state index is 9.11. The Morgan fingerprint density at radius 3 is 2.50 bits per heavy atom. The van der Waals surface area contributed by atoms with E-state index in [4.69, 9.17) is 5.26 Å². The van der Waals surface area contributed by atoms with Crippen LogP contribution in [0.5, 0.6) is 0 Å². The van der Waals surface area contributed by atoms with Crippen molar-refractivity contribution < 1.29 is 0 Å². The predicted molar refractivity (Wildman–Crippen MR) is 70.3 cm³/mol. The fraction of sp³-hybridized carbons (Fsp3) is 0.250. The largest absolute Gasteiger partial charge is 0.308 e. The van der Waals surface area contributed by atoms with Crippen molar-refractivity contribution in [2.45, 2.75) is 20.8 Å². The van der Waals surface area contributed by atoms with Crippen LogP contribution in [0.4, 0.5) is 0 Å². The lowest BCUT2D eigenvalue weighted by molar-refractivity contribution is 0.980. The maximum Gasteiger partial charge on any atom is 0.118 e. The molecule has 82 valence electrons. The van der Waals surface area contributed by atoms with E-state index in [2.05, 4.69) is 32.6 Å². The van der Waals surface area contributed by atoms with Gasteiger partial charge in [0.2, 0.25) is 0 Å². The zero-order valence-electron chi connectivity index (χ0n) is 9.34. The Morgan fingerprint density at radius 2 is 2.00 bits per heavy atom. The van der Waals surface area contributed by atoms with Gasteiger partial charge in [-0.25, -0.2) is 0 Å². The molecule has 0 saturated heterocycles. The topological polar surface area (TPSA) is 28.7 Å². The van der Waals surface area contributed by atoms with Crippen LogP contribution >= 0.6 is 27.3 Å². The molecule has 2 rings (SSSR count). The minimum Gasteiger partial charge on any atom is -0.308 e. The minimum absolute atomic E-state index is 0.747. The van der Waals surface area contributed by atoms with Crippen LogP contribution < -0.4 is 0 Å². The summed E-state index contributed by atoms with van der Waals surface area (Å²) in [6.45, 7) is 6.12. The Hall–Kier alpha value is -1.05. The quantitative estimate of drug-likeness (QED) is 0.778. The van der Waals surface area contributed by atoms with Crippen molar-refractivity contribution in [1.29, 1.82) is 5.26 Å². The van der Waals surface area contributed by atoms with E-state index in [1.165, 1.54) is 0 Å². The van der Waals surface area contributed by atoms with Crippen LogP contribution in [0.1, 0.15) is 21.8 Å². The molecule has 16 heavy (non-hydrogen) atoms. The molecule has 0 aliphatic carbocycles. The van der Waals surface area contributed by atoms with E-state index in [-0.39, 0.29) is 0 Å². The van der Waals surface area contributed by atoms with Gasteiger partial charge in [0.15, 0.2) is 0 Å². The molecular weight excluding hydrogens is 284 g/mol. The second kappa shape index (κ2) is 4.08. The van der Waals surface area contributed by atoms with E-state index >= 15 is 0 Å². The van der Waals surface area contributed by atoms with Crippen molar-refractivity contribution >= 4 is 27.3 Å². The number of aromatic nitrogens is 1. The summed E-state index contributed by atoms with van der Waals surface area (Å²) < 4.78 is 3.21. The maximum absolute atomic E-state index is 9.11. The summed E-state index contributed by atoms with van der Waals surface area (Å²) in [4.78, 5) is 1.16. The Morgan fingerprint density at radius 1 is 1.31 bits per heavy atom. The smallest absolute Gasteiger partial charge is 0.118 e. The van der Waals surface area contributed by atoms with E-state index in [0.29, 0.717) is 0 Å². The van der Waals surface area contributed by atoms with Gasteiger partial charge in [0, 0.05) is 20.7 Å². The lowest BCUT2D eigenvalue weighted by atomic mass is 10.3. The van der Waals surface area contributed by atoms with Gasteiger partial charge in [0.25, 0.3) is 0 Å². The normalized spacial score (nSPS) is 10.4. The molecule has 0 saturated carbocycles. The van der Waals surface area contributed by atoms with Crippen LogP contribution in [-0.2, 0) is 0 Å². The van der Waals surface area contributed by atoms with Gasteiger partial charge >= 0.3 is 0 Å². The second-order valence-corrected chi connectivity index (χ2v) is 5.83. The third-order valence-corrected chi connectivity index (χ3v) is 4.37. The first-order chi connectivity index (χ1) is 7.54. The first-order valence-electron chi connectivity index (χ1n) is 4.90. The highest BCUT2D eigenvalue weighted by Crippen LogP contribution is 2.31. The van der Waals surface area contributed by atoms with Gasteiger partial charge in [-0.3, -0.25) is 0 Å². The number of hydrogen-bond donors (Lipinski definition) is 0. The Balaban J connectivity index is 2.72. The minimum atomic E-state index is 0.747. The molecule has 0 radical (unpaired) electrons. The molecule has 0 aliphatic heterocycles. The molecule has 0 aromatic carbocycles. The van der Waals surface area contributed by atoms with E-state index in [1.807, 2.05) is 26.8 Å². The van der Waals surface area contributed by atoms with Gasteiger partial charge in [-0.15, -0.1) is 11.3 Å². The highest BCUT2D eigenvalue weighted by molar-refractivity contribution is 9.10. The van der Waals surface area contributed by atoms with Crippen LogP contribution in [0.15, 0.2) is 16.6 Å². The van der Waals surface area contributed by atoms with Crippen molar-refractivity contribution in [1.82, 2.24) is 4.57 Å². The molecule has 2 aromatic rings. The molecule has 0 aliphatic rings. The molecule has 0 unspecified atom stereocenters. The van der Waals surface area contributed by atoms with Gasteiger partial charge < -0.3 is 4.57 Å². The zero-order chi connectivity index (χ0) is 11.9. The summed E-state index contributed by atoms with van der Waals surface area (Å²) in [6, 6.07) is 6.27. The van der Waals surface area contributed by atoms with Crippen LogP contribution in [0, 0.1) is 32.1 Å². The van der Waals surface area contributed by atoms with E-state index in [0.717, 1.165) is 31.3 Å². The van der Waals surface area contributed by atoms with Crippen molar-refractivity contribution in [2.24, 2.45) is 0 Å². The van der Waals surface area contributed by atoms with E-state index < -0.39 is 0 Å². The molecule has 0 fully saturated rings. The molecule has 2 aromatic heterocycles. The molecule has 0 spiro atoms. The Bertz CT molecular complexity index is 587. The molecule has 0 bridgehead atoms. The van der Waals surface area contributed by atoms with Crippen molar-refractivity contribution in [3.8, 4) is 11.1 Å². The molecule has 0 amide bonds. The van der Waals surface area contributed by atoms with Crippen LogP contribution in [0.2, 0.25) is 0 Å². The first-order valence-corrected chi connectivity index (χ1v) is 6.51. The number of nitriles is 1. The van der Waals surface area contributed by atoms with E-state index in [1.54, 1.807) is 11.3 Å². The fourth-order valence-corrected chi connectivity index (χ4v) is 3.36. The number of rotatable bonds is 1. The monoisotopic (exact) mass is 294 g/mol. The highest BCUT2D eigenvalue weighted by Gasteiger charge is 2.14. The summed E-state index contributed by atoms with van der Waals surface area (Å²) in [5.74, 6) is 0. The fourth-order valence-electron chi connectivity index (χ4n) is 1.78. The summed E-state index contributed by atoms with van der Waals surface area (Å²) in [6.07, 6.45) is 0. The number of thiophene rings is 1. The second-order valence-electron chi connectivity index (χ2n) is 3.74. The van der Waals surface area contributed by atoms with Gasteiger partial charge in [0.1, 0.15) is 11.1 Å². The van der Waals surface area contributed by atoms with Crippen molar-refractivity contribution in [3.63, 3.8) is 0 Å². The zero-order valence-corrected chi connectivity index (χ0v) is 11.7. The molecule has 0 N–H and O–H groups in total. The Kier molecular flexibility index (Phi) is 2.92. The molecule has 2 nitrogen and oxygen atoms in total. The Labute approximate surface area is 107 Å². The summed E-state index contributed by atoms with van der Waals surface area (Å²) in [5.41, 5.74) is 3.02. The predicted octanol–water partition coefficient (Wildman–Crippen LogP) is 4.10. The van der Waals surface area contributed by atoms with Crippen LogP contribution in [0.25, 0.3) is 5.00 Å². The van der Waals surface area contributed by atoms with Crippen molar-refractivity contribution in [2.75, 3.05) is 0 Å². The highest BCUT2D eigenvalue weighted by atomic mass is 79.9. The molecule has 0 atom stereocenters. The van der Waals surface area contributed by atoms with Crippen LogP contribution in [0.3, 0.4) is 0 Å². The number of aryl methyl sites for hydroxylation is 2. The summed E-state index contributed by atoms with van der Waals surface area (Å²) in [5, 5.41) is 10.1. The average Bonchev–Trinajstić information content (AvgIpc) is 2.69. The van der Waals surface area contributed by atoms with Gasteiger partial charge in [-0.1, -0.05) is 0 Å². The lowest BCUT2D eigenvalue weighted by Gasteiger charge is -2.06. The number of hydrogen-bond acceptors (Lipinski definition) is 2. The standard InChI is InChI=1S/C12H11BrN2S/c1-7-4-11(13)9(3)15(7)12-10(6-14)5-8(2)16-12/h4-5H,1-3H3. The molecule has 2 heterocycles. The molecular formula is C12H11BrN2S. The van der Waals surface area contributed by atoms with Gasteiger partial charge in [-0.2, -0.15) is 5.26 Å². The van der Waals surface area contributed by atoms with Crippen molar-refractivity contribution in [3.05, 3.63) is 38.4 Å². The molecule has 4 heteroatoms. The average molecular weight is 295 g/mol. The summed E-state index contributed by atoms with van der Waals surface area (Å²) >= 11 is 5.17. The number of halogens is 1.